The summed E-state index contributed by atoms with van der Waals surface area (Å²) in [4.78, 5) is 9.71. The van der Waals surface area contributed by atoms with Gasteiger partial charge in [0.15, 0.2) is 5.76 Å². The van der Waals surface area contributed by atoms with Gasteiger partial charge in [-0.15, -0.1) is 11.6 Å². The molecule has 0 bridgehead atoms. The maximum atomic E-state index is 9.71. The van der Waals surface area contributed by atoms with Crippen LogP contribution in [0.2, 0.25) is 0 Å². The number of carboxylic acids is 1. The zero-order valence-electron chi connectivity index (χ0n) is 3.97. The number of halogens is 1. The van der Waals surface area contributed by atoms with Crippen LogP contribution in [-0.4, -0.2) is 22.1 Å². The first kappa shape index (κ1) is 7.30. The Bertz CT molecular complexity index is 118. The number of aliphatic hydroxyl groups is 1. The number of aliphatic carboxylic acids is 1. The first-order chi connectivity index (χ1) is 3.68. The third-order valence-electron chi connectivity index (χ3n) is 0.490. The smallest absolute Gasteiger partial charge is 0.370 e. The van der Waals surface area contributed by atoms with Gasteiger partial charge in [0.25, 0.3) is 0 Å². The second-order valence-electron chi connectivity index (χ2n) is 1.05. The Morgan fingerprint density at radius 3 is 2.25 bits per heavy atom. The van der Waals surface area contributed by atoms with Gasteiger partial charge >= 0.3 is 5.97 Å². The minimum atomic E-state index is -1.36. The van der Waals surface area contributed by atoms with E-state index in [1.54, 1.807) is 0 Å². The van der Waals surface area contributed by atoms with Gasteiger partial charge in [-0.25, -0.2) is 4.79 Å². The third kappa shape index (κ3) is 2.47. The lowest BCUT2D eigenvalue weighted by Gasteiger charge is -1.85. The van der Waals surface area contributed by atoms with E-state index in [1.165, 1.54) is 0 Å². The van der Waals surface area contributed by atoms with Gasteiger partial charge in [0.2, 0.25) is 0 Å². The molecule has 0 aromatic heterocycles. The van der Waals surface area contributed by atoms with Crippen molar-refractivity contribution in [1.82, 2.24) is 0 Å². The van der Waals surface area contributed by atoms with Gasteiger partial charge in [0, 0.05) is 5.88 Å². The maximum Gasteiger partial charge on any atom is 0.370 e. The summed E-state index contributed by atoms with van der Waals surface area (Å²) in [6.45, 7) is 0. The number of alkyl halides is 1. The molecule has 0 aliphatic carbocycles. The van der Waals surface area contributed by atoms with Gasteiger partial charge in [-0.3, -0.25) is 0 Å². The average Bonchev–Trinajstić information content (AvgIpc) is 1.67. The molecule has 0 aliphatic heterocycles. The van der Waals surface area contributed by atoms with Crippen LogP contribution in [0.5, 0.6) is 0 Å². The Balaban J connectivity index is 3.80. The van der Waals surface area contributed by atoms with Crippen LogP contribution >= 0.6 is 11.6 Å². The molecule has 0 heterocycles. The minimum Gasteiger partial charge on any atom is -0.502 e. The molecule has 0 aromatic rings. The van der Waals surface area contributed by atoms with Crippen LogP contribution in [0, 0.1) is 0 Å². The van der Waals surface area contributed by atoms with Crippen molar-refractivity contribution in [3.05, 3.63) is 11.8 Å². The first-order valence-corrected chi connectivity index (χ1v) is 2.40. The SMILES string of the molecule is O=C(O)C(O)=CCCl. The Morgan fingerprint density at radius 1 is 1.62 bits per heavy atom. The van der Waals surface area contributed by atoms with E-state index >= 15 is 0 Å². The van der Waals surface area contributed by atoms with E-state index in [-0.39, 0.29) is 5.88 Å². The topological polar surface area (TPSA) is 57.5 Å². The monoisotopic (exact) mass is 136 g/mol. The van der Waals surface area contributed by atoms with Crippen molar-refractivity contribution in [2.24, 2.45) is 0 Å². The second kappa shape index (κ2) is 3.32. The van der Waals surface area contributed by atoms with Crippen LogP contribution in [0.15, 0.2) is 11.8 Å². The number of aliphatic hydroxyl groups excluding tert-OH is 1. The maximum absolute atomic E-state index is 9.71. The van der Waals surface area contributed by atoms with E-state index < -0.39 is 11.7 Å². The molecule has 0 rings (SSSR count). The number of allylic oxidation sites excluding steroid dienone is 1. The summed E-state index contributed by atoms with van der Waals surface area (Å²) in [5, 5.41) is 16.2. The number of carboxylic acid groups (broad SMARTS) is 1. The van der Waals surface area contributed by atoms with E-state index in [4.69, 9.17) is 21.8 Å². The normalized spacial score (nSPS) is 11.4. The number of carbonyl (C=O) groups is 1. The van der Waals surface area contributed by atoms with E-state index in [9.17, 15) is 4.79 Å². The fourth-order valence-electron chi connectivity index (χ4n) is 0.160. The van der Waals surface area contributed by atoms with Crippen molar-refractivity contribution >= 4 is 17.6 Å². The van der Waals surface area contributed by atoms with Crippen LogP contribution in [0.3, 0.4) is 0 Å². The number of hydrogen-bond donors (Lipinski definition) is 2. The summed E-state index contributed by atoms with van der Waals surface area (Å²) in [7, 11) is 0. The molecule has 4 heteroatoms. The highest BCUT2D eigenvalue weighted by Crippen LogP contribution is 1.87. The predicted molar refractivity (Wildman–Crippen MR) is 29.1 cm³/mol. The molecule has 0 saturated heterocycles. The molecule has 0 radical (unpaired) electrons. The van der Waals surface area contributed by atoms with Crippen LogP contribution in [0.4, 0.5) is 0 Å². The van der Waals surface area contributed by atoms with Crippen molar-refractivity contribution in [1.29, 1.82) is 0 Å². The zero-order valence-corrected chi connectivity index (χ0v) is 4.72. The second-order valence-corrected chi connectivity index (χ2v) is 1.36. The highest BCUT2D eigenvalue weighted by molar-refractivity contribution is 6.19. The van der Waals surface area contributed by atoms with Crippen molar-refractivity contribution in [2.45, 2.75) is 0 Å². The summed E-state index contributed by atoms with van der Waals surface area (Å²) in [6, 6.07) is 0. The number of hydrogen-bond acceptors (Lipinski definition) is 2. The highest BCUT2D eigenvalue weighted by Gasteiger charge is 1.99. The molecule has 8 heavy (non-hydrogen) atoms. The molecule has 2 N–H and O–H groups in total. The van der Waals surface area contributed by atoms with Crippen LogP contribution in [0.25, 0.3) is 0 Å². The lowest BCUT2D eigenvalue weighted by Crippen LogP contribution is -1.98. The average molecular weight is 137 g/mol. The molecule has 0 spiro atoms. The standard InChI is InChI=1S/C4H5ClO3/c5-2-1-3(6)4(7)8/h1,6H,2H2,(H,7,8). The molecule has 3 nitrogen and oxygen atoms in total. The lowest BCUT2D eigenvalue weighted by molar-refractivity contribution is -0.135. The molecule has 46 valence electrons. The van der Waals surface area contributed by atoms with Crippen LogP contribution in [0.1, 0.15) is 0 Å². The van der Waals surface area contributed by atoms with E-state index in [2.05, 4.69) is 0 Å². The van der Waals surface area contributed by atoms with Gasteiger partial charge in [-0.1, -0.05) is 0 Å². The van der Waals surface area contributed by atoms with E-state index in [0.29, 0.717) is 0 Å². The quantitative estimate of drug-likeness (QED) is 0.335. The molecule has 0 fully saturated rings. The first-order valence-electron chi connectivity index (χ1n) is 1.87. The van der Waals surface area contributed by atoms with Crippen LogP contribution < -0.4 is 0 Å². The largest absolute Gasteiger partial charge is 0.502 e. The molecule has 0 atom stereocenters. The summed E-state index contributed by atoms with van der Waals surface area (Å²) < 4.78 is 0. The van der Waals surface area contributed by atoms with E-state index in [1.807, 2.05) is 0 Å². The van der Waals surface area contributed by atoms with Crippen molar-refractivity contribution < 1.29 is 15.0 Å². The van der Waals surface area contributed by atoms with Crippen molar-refractivity contribution in [3.63, 3.8) is 0 Å². The Labute approximate surface area is 51.2 Å². The summed E-state index contributed by atoms with van der Waals surface area (Å²) in [5.74, 6) is -2.05. The molecule has 0 unspecified atom stereocenters. The fraction of sp³-hybridized carbons (Fsp3) is 0.250. The molecule has 0 saturated carbocycles. The zero-order chi connectivity index (χ0) is 6.57. The Morgan fingerprint density at radius 2 is 2.12 bits per heavy atom. The Kier molecular flexibility index (Phi) is 3.03. The van der Waals surface area contributed by atoms with Gasteiger partial charge in [-0.2, -0.15) is 0 Å². The highest BCUT2D eigenvalue weighted by atomic mass is 35.5. The molecular formula is C4H5ClO3. The number of rotatable bonds is 2. The molecule has 0 amide bonds. The third-order valence-corrected chi connectivity index (χ3v) is 0.644. The molecular weight excluding hydrogens is 131 g/mol. The fourth-order valence-corrected chi connectivity index (χ4v) is 0.307. The summed E-state index contributed by atoms with van der Waals surface area (Å²) in [6.07, 6.45) is 1.00. The molecule has 0 aromatic carbocycles. The van der Waals surface area contributed by atoms with Gasteiger partial charge in [-0.05, 0) is 6.08 Å². The predicted octanol–water partition coefficient (Wildman–Crippen LogP) is 0.752. The van der Waals surface area contributed by atoms with Crippen molar-refractivity contribution in [3.8, 4) is 0 Å². The molecule has 0 aliphatic rings. The lowest BCUT2D eigenvalue weighted by atomic mass is 10.5. The van der Waals surface area contributed by atoms with Gasteiger partial charge < -0.3 is 10.2 Å². The van der Waals surface area contributed by atoms with E-state index in [0.717, 1.165) is 6.08 Å². The van der Waals surface area contributed by atoms with Crippen molar-refractivity contribution in [2.75, 3.05) is 5.88 Å². The summed E-state index contributed by atoms with van der Waals surface area (Å²) in [5.41, 5.74) is 0. The minimum absolute atomic E-state index is 0.0120. The van der Waals surface area contributed by atoms with Gasteiger partial charge in [0.05, 0.1) is 0 Å². The van der Waals surface area contributed by atoms with Crippen LogP contribution in [-0.2, 0) is 4.79 Å². The Hall–Kier alpha value is -0.700. The van der Waals surface area contributed by atoms with Gasteiger partial charge in [0.1, 0.15) is 0 Å². The summed E-state index contributed by atoms with van der Waals surface area (Å²) >= 11 is 5.04.